The van der Waals surface area contributed by atoms with Gasteiger partial charge in [0.25, 0.3) is 10.1 Å². The molecule has 168 valence electrons. The summed E-state index contributed by atoms with van der Waals surface area (Å²) in [6, 6.07) is 6.44. The van der Waals surface area contributed by atoms with Gasteiger partial charge in [0.05, 0.1) is 11.4 Å². The third kappa shape index (κ3) is 5.55. The summed E-state index contributed by atoms with van der Waals surface area (Å²) in [4.78, 5) is 15.0. The predicted molar refractivity (Wildman–Crippen MR) is 122 cm³/mol. The number of hydrogen-bond acceptors (Lipinski definition) is 11. The number of rotatable bonds is 10. The molecule has 3 aromatic heterocycles. The Hall–Kier alpha value is -2.71. The zero-order valence-electron chi connectivity index (χ0n) is 17.1. The van der Waals surface area contributed by atoms with Crippen LogP contribution < -0.4 is 10.6 Å². The monoisotopic (exact) mass is 491 g/mol. The minimum Gasteiger partial charge on any atom is -0.340 e. The van der Waals surface area contributed by atoms with Crippen molar-refractivity contribution in [3.05, 3.63) is 65.1 Å². The maximum atomic E-state index is 12.5. The molecule has 0 radical (unpaired) electrons. The number of anilines is 1. The summed E-state index contributed by atoms with van der Waals surface area (Å²) in [7, 11) is -3.95. The lowest BCUT2D eigenvalue weighted by Crippen LogP contribution is -2.33. The van der Waals surface area contributed by atoms with E-state index in [1.165, 1.54) is 35.0 Å². The third-order valence-electron chi connectivity index (χ3n) is 4.46. The van der Waals surface area contributed by atoms with Crippen molar-refractivity contribution in [3.8, 4) is 5.95 Å². The molecule has 0 amide bonds. The Morgan fingerprint density at radius 3 is 2.75 bits per heavy atom. The summed E-state index contributed by atoms with van der Waals surface area (Å²) in [5.41, 5.74) is 6.98. The molecule has 1 atom stereocenters. The molecule has 3 heterocycles. The van der Waals surface area contributed by atoms with Crippen molar-refractivity contribution < 1.29 is 12.6 Å². The van der Waals surface area contributed by atoms with Gasteiger partial charge in [-0.1, -0.05) is 17.7 Å². The van der Waals surface area contributed by atoms with Crippen LogP contribution in [0.25, 0.3) is 5.95 Å². The molecule has 4 aromatic rings. The summed E-state index contributed by atoms with van der Waals surface area (Å²) < 4.78 is 36.3. The van der Waals surface area contributed by atoms with Gasteiger partial charge >= 0.3 is 0 Å². The van der Waals surface area contributed by atoms with Gasteiger partial charge in [-0.25, -0.2) is 14.2 Å². The molecule has 0 aliphatic carbocycles. The maximum absolute atomic E-state index is 12.5. The molecule has 32 heavy (non-hydrogen) atoms. The van der Waals surface area contributed by atoms with E-state index >= 15 is 0 Å². The van der Waals surface area contributed by atoms with Crippen LogP contribution in [0.1, 0.15) is 17.0 Å². The van der Waals surface area contributed by atoms with E-state index in [0.29, 0.717) is 24.2 Å². The highest BCUT2D eigenvalue weighted by Crippen LogP contribution is 2.23. The fourth-order valence-electron chi connectivity index (χ4n) is 2.81. The van der Waals surface area contributed by atoms with Gasteiger partial charge in [-0.05, 0) is 19.1 Å². The molecule has 0 spiro atoms. The van der Waals surface area contributed by atoms with Gasteiger partial charge in [-0.3, -0.25) is 4.57 Å². The molecule has 1 aromatic carbocycles. The smallest absolute Gasteiger partial charge is 0.298 e. The molecular weight excluding hydrogens is 470 g/mol. The highest BCUT2D eigenvalue weighted by Gasteiger charge is 2.22. The van der Waals surface area contributed by atoms with Crippen LogP contribution in [-0.2, 0) is 20.8 Å². The first-order valence-electron chi connectivity index (χ1n) is 9.61. The van der Waals surface area contributed by atoms with E-state index in [2.05, 4.69) is 19.3 Å². The van der Waals surface area contributed by atoms with E-state index in [9.17, 15) is 8.42 Å². The molecular formula is C19H21N7O3S3. The van der Waals surface area contributed by atoms with Crippen molar-refractivity contribution in [3.63, 3.8) is 0 Å². The van der Waals surface area contributed by atoms with Crippen molar-refractivity contribution in [2.75, 3.05) is 11.4 Å². The van der Waals surface area contributed by atoms with E-state index in [0.717, 1.165) is 10.6 Å². The summed E-state index contributed by atoms with van der Waals surface area (Å²) in [5.74, 6) is 0.508. The second-order valence-electron chi connectivity index (χ2n) is 6.88. The van der Waals surface area contributed by atoms with Crippen molar-refractivity contribution in [2.24, 2.45) is 5.73 Å². The van der Waals surface area contributed by atoms with Gasteiger partial charge in [0.1, 0.15) is 17.6 Å². The molecule has 0 aliphatic rings. The molecule has 13 heteroatoms. The number of aromatic nitrogens is 5. The van der Waals surface area contributed by atoms with E-state index in [-0.39, 0.29) is 11.3 Å². The molecule has 0 saturated heterocycles. The molecule has 4 rings (SSSR count). The number of aryl methyl sites for hydroxylation is 1. The molecule has 0 fully saturated rings. The van der Waals surface area contributed by atoms with Crippen LogP contribution in [0, 0.1) is 6.92 Å². The number of benzene rings is 1. The van der Waals surface area contributed by atoms with Crippen molar-refractivity contribution in [2.45, 2.75) is 31.0 Å². The number of thiazole rings is 1. The van der Waals surface area contributed by atoms with Gasteiger partial charge < -0.3 is 10.6 Å². The molecule has 10 nitrogen and oxygen atoms in total. The van der Waals surface area contributed by atoms with E-state index < -0.39 is 16.3 Å². The summed E-state index contributed by atoms with van der Waals surface area (Å²) in [6.07, 6.45) is 6.02. The van der Waals surface area contributed by atoms with Gasteiger partial charge in [0.15, 0.2) is 0 Å². The zero-order valence-corrected chi connectivity index (χ0v) is 19.6. The molecule has 0 bridgehead atoms. The normalized spacial score (nSPS) is 12.7. The SMILES string of the molecule is Cc1ccc(S(=O)(=O)OC(N)CCN(Cc2nccs2)c2nc(-n3ccnc3)ns2)cc1. The number of nitrogens with two attached hydrogens (primary N) is 1. The van der Waals surface area contributed by atoms with Crippen LogP contribution in [0.4, 0.5) is 5.13 Å². The Morgan fingerprint density at radius 2 is 2.06 bits per heavy atom. The highest BCUT2D eigenvalue weighted by molar-refractivity contribution is 7.86. The predicted octanol–water partition coefficient (Wildman–Crippen LogP) is 2.58. The second kappa shape index (κ2) is 9.83. The highest BCUT2D eigenvalue weighted by atomic mass is 32.2. The van der Waals surface area contributed by atoms with Gasteiger partial charge in [0.2, 0.25) is 11.1 Å². The third-order valence-corrected chi connectivity index (χ3v) is 7.35. The lowest BCUT2D eigenvalue weighted by atomic mass is 10.2. The van der Waals surface area contributed by atoms with E-state index in [1.807, 2.05) is 17.2 Å². The Balaban J connectivity index is 1.44. The van der Waals surface area contributed by atoms with Gasteiger partial charge in [0, 0.05) is 48.5 Å². The average molecular weight is 492 g/mol. The average Bonchev–Trinajstić information content (AvgIpc) is 3.53. The van der Waals surface area contributed by atoms with Crippen LogP contribution in [0.15, 0.2) is 59.5 Å². The summed E-state index contributed by atoms with van der Waals surface area (Å²) in [5, 5.41) is 3.46. The molecule has 1 unspecified atom stereocenters. The summed E-state index contributed by atoms with van der Waals surface area (Å²) >= 11 is 2.76. The van der Waals surface area contributed by atoms with E-state index in [4.69, 9.17) is 9.92 Å². The Labute approximate surface area is 193 Å². The topological polar surface area (TPSA) is 129 Å². The van der Waals surface area contributed by atoms with E-state index in [1.54, 1.807) is 41.6 Å². The quantitative estimate of drug-likeness (QED) is 0.263. The van der Waals surface area contributed by atoms with Crippen LogP contribution in [0.5, 0.6) is 0 Å². The van der Waals surface area contributed by atoms with Crippen molar-refractivity contribution in [1.82, 2.24) is 23.9 Å². The molecule has 0 saturated carbocycles. The fraction of sp³-hybridized carbons (Fsp3) is 0.263. The van der Waals surface area contributed by atoms with Crippen molar-refractivity contribution in [1.29, 1.82) is 0 Å². The first kappa shape index (κ1) is 22.5. The first-order valence-corrected chi connectivity index (χ1v) is 12.7. The van der Waals surface area contributed by atoms with Gasteiger partial charge in [-0.15, -0.1) is 11.3 Å². The Morgan fingerprint density at radius 1 is 1.25 bits per heavy atom. The first-order chi connectivity index (χ1) is 15.4. The maximum Gasteiger partial charge on any atom is 0.298 e. The lowest BCUT2D eigenvalue weighted by Gasteiger charge is -2.22. The van der Waals surface area contributed by atoms with Crippen LogP contribution >= 0.6 is 22.9 Å². The zero-order chi connectivity index (χ0) is 22.6. The number of imidazole rings is 1. The molecule has 0 aliphatic heterocycles. The number of nitrogens with zero attached hydrogens (tertiary/aromatic N) is 6. The number of hydrogen-bond donors (Lipinski definition) is 1. The van der Waals surface area contributed by atoms with Gasteiger partial charge in [-0.2, -0.15) is 17.8 Å². The summed E-state index contributed by atoms with van der Waals surface area (Å²) in [6.45, 7) is 2.78. The van der Waals surface area contributed by atoms with Crippen LogP contribution in [0.2, 0.25) is 0 Å². The fourth-order valence-corrected chi connectivity index (χ4v) is 5.14. The standard InChI is InChI=1S/C19H21N7O3S3/c1-14-2-4-15(5-3-14)32(27,28)29-16(20)6-9-25(12-17-22-8-11-30-17)19-23-18(24-31-19)26-10-7-21-13-26/h2-5,7-8,10-11,13,16H,6,9,12,20H2,1H3. The minimum atomic E-state index is -3.95. The second-order valence-corrected chi connectivity index (χ2v) is 10.2. The largest absolute Gasteiger partial charge is 0.340 e. The van der Waals surface area contributed by atoms with Crippen LogP contribution in [0.3, 0.4) is 0 Å². The minimum absolute atomic E-state index is 0.0762. The van der Waals surface area contributed by atoms with Crippen molar-refractivity contribution >= 4 is 38.1 Å². The lowest BCUT2D eigenvalue weighted by molar-refractivity contribution is 0.208. The molecule has 2 N–H and O–H groups in total. The Bertz CT molecular complexity index is 1220. The Kier molecular flexibility index (Phi) is 6.91. The van der Waals surface area contributed by atoms with Crippen LogP contribution in [-0.4, -0.2) is 45.1 Å².